The van der Waals surface area contributed by atoms with Gasteiger partial charge in [-0.05, 0) is 40.2 Å². The van der Waals surface area contributed by atoms with Crippen molar-refractivity contribution < 1.29 is 14.6 Å². The first-order valence-electron chi connectivity index (χ1n) is 12.0. The lowest BCUT2D eigenvalue weighted by molar-refractivity contribution is 0.0584. The zero-order chi connectivity index (χ0) is 24.1. The molecule has 178 valence electrons. The summed E-state index contributed by atoms with van der Waals surface area (Å²) in [6.45, 7) is 4.97. The number of benzene rings is 3. The van der Waals surface area contributed by atoms with Gasteiger partial charge in [0.1, 0.15) is 6.61 Å². The maximum atomic E-state index is 13.1. The summed E-state index contributed by atoms with van der Waals surface area (Å²) >= 11 is 0. The highest BCUT2D eigenvalue weighted by Crippen LogP contribution is 2.44. The zero-order valence-corrected chi connectivity index (χ0v) is 19.9. The highest BCUT2D eigenvalue weighted by molar-refractivity contribution is 5.79. The van der Waals surface area contributed by atoms with Crippen molar-refractivity contribution in [3.63, 3.8) is 0 Å². The van der Waals surface area contributed by atoms with Crippen molar-refractivity contribution in [2.45, 2.75) is 38.3 Å². The van der Waals surface area contributed by atoms with Gasteiger partial charge >= 0.3 is 6.09 Å². The minimum Gasteiger partial charge on any atom is -0.448 e. The molecule has 0 fully saturated rings. The third-order valence-electron chi connectivity index (χ3n) is 6.40. The fourth-order valence-corrected chi connectivity index (χ4v) is 4.73. The monoisotopic (exact) mass is 458 g/mol. The summed E-state index contributed by atoms with van der Waals surface area (Å²) in [4.78, 5) is 14.7. The predicted molar refractivity (Wildman–Crippen MR) is 136 cm³/mol. The van der Waals surface area contributed by atoms with E-state index in [-0.39, 0.29) is 25.0 Å². The van der Waals surface area contributed by atoms with E-state index in [0.29, 0.717) is 13.0 Å². The van der Waals surface area contributed by atoms with Gasteiger partial charge in [-0.25, -0.2) is 4.79 Å². The smallest absolute Gasteiger partial charge is 0.409 e. The van der Waals surface area contributed by atoms with Crippen LogP contribution in [-0.4, -0.2) is 47.9 Å². The number of nitrogens with two attached hydrogens (primary N) is 1. The molecule has 0 aliphatic heterocycles. The third kappa shape index (κ3) is 5.49. The van der Waals surface area contributed by atoms with Crippen LogP contribution in [0.5, 0.6) is 0 Å². The van der Waals surface area contributed by atoms with Crippen LogP contribution in [0.25, 0.3) is 11.1 Å². The minimum atomic E-state index is -0.848. The average Bonchev–Trinajstić information content (AvgIpc) is 3.16. The number of amides is 1. The summed E-state index contributed by atoms with van der Waals surface area (Å²) in [7, 11) is 0. The molecule has 34 heavy (non-hydrogen) atoms. The van der Waals surface area contributed by atoms with E-state index in [2.05, 4.69) is 24.3 Å². The number of aliphatic hydroxyl groups excluding tert-OH is 1. The fourth-order valence-electron chi connectivity index (χ4n) is 4.73. The van der Waals surface area contributed by atoms with Gasteiger partial charge in [-0.15, -0.1) is 0 Å². The molecule has 4 rings (SSSR count). The fraction of sp³-hybridized carbons (Fsp3) is 0.345. The molecule has 0 saturated carbocycles. The molecule has 1 aliphatic rings. The van der Waals surface area contributed by atoms with Gasteiger partial charge in [-0.2, -0.15) is 0 Å². The van der Waals surface area contributed by atoms with Crippen molar-refractivity contribution >= 4 is 6.09 Å². The van der Waals surface area contributed by atoms with Gasteiger partial charge in [0.25, 0.3) is 0 Å². The van der Waals surface area contributed by atoms with Crippen LogP contribution in [0.1, 0.15) is 36.5 Å². The Morgan fingerprint density at radius 2 is 1.47 bits per heavy atom. The highest BCUT2D eigenvalue weighted by Gasteiger charge is 2.30. The summed E-state index contributed by atoms with van der Waals surface area (Å²) in [5, 5.41) is 10.8. The molecule has 1 aliphatic carbocycles. The lowest BCUT2D eigenvalue weighted by Gasteiger charge is -2.29. The first-order chi connectivity index (χ1) is 16.4. The number of hydrogen-bond acceptors (Lipinski definition) is 4. The van der Waals surface area contributed by atoms with E-state index in [1.165, 1.54) is 22.3 Å². The number of carbonyl (C=O) groups is 1. The Balaban J connectivity index is 1.42. The van der Waals surface area contributed by atoms with Gasteiger partial charge in [0.2, 0.25) is 0 Å². The van der Waals surface area contributed by atoms with Gasteiger partial charge in [0.05, 0.1) is 12.6 Å². The van der Waals surface area contributed by atoms with Gasteiger partial charge in [-0.3, -0.25) is 0 Å². The van der Waals surface area contributed by atoms with E-state index < -0.39 is 18.2 Å². The number of ether oxygens (including phenoxy) is 1. The van der Waals surface area contributed by atoms with E-state index in [1.807, 2.05) is 68.4 Å². The lowest BCUT2D eigenvalue weighted by atomic mass is 9.98. The average molecular weight is 459 g/mol. The van der Waals surface area contributed by atoms with Crippen LogP contribution >= 0.6 is 0 Å². The molecule has 0 heterocycles. The Bertz CT molecular complexity index is 1050. The lowest BCUT2D eigenvalue weighted by Crippen LogP contribution is -2.47. The molecule has 3 N–H and O–H groups in total. The number of hydrogen-bond donors (Lipinski definition) is 2. The summed E-state index contributed by atoms with van der Waals surface area (Å²) in [6, 6.07) is 25.9. The van der Waals surface area contributed by atoms with Crippen LogP contribution in [0.3, 0.4) is 0 Å². The minimum absolute atomic E-state index is 0.00233. The molecular formula is C29H34N2O3. The molecular weight excluding hydrogens is 424 g/mol. The second kappa shape index (κ2) is 10.9. The third-order valence-corrected chi connectivity index (χ3v) is 6.40. The van der Waals surface area contributed by atoms with Gasteiger partial charge in [0.15, 0.2) is 0 Å². The molecule has 0 bridgehead atoms. The first-order valence-corrected chi connectivity index (χ1v) is 12.0. The zero-order valence-electron chi connectivity index (χ0n) is 19.9. The van der Waals surface area contributed by atoms with Crippen molar-refractivity contribution in [2.75, 3.05) is 19.7 Å². The molecule has 5 heteroatoms. The Hall–Kier alpha value is -3.15. The van der Waals surface area contributed by atoms with Crippen LogP contribution in [0.2, 0.25) is 0 Å². The normalized spacial score (nSPS) is 14.4. The molecule has 3 aromatic rings. The van der Waals surface area contributed by atoms with E-state index in [9.17, 15) is 9.90 Å². The van der Waals surface area contributed by atoms with E-state index >= 15 is 0 Å². The van der Waals surface area contributed by atoms with Crippen LogP contribution < -0.4 is 5.73 Å². The van der Waals surface area contributed by atoms with Crippen LogP contribution in [-0.2, 0) is 11.2 Å². The predicted octanol–water partition coefficient (Wildman–Crippen LogP) is 4.82. The number of aliphatic hydroxyl groups is 1. The Kier molecular flexibility index (Phi) is 7.66. The Morgan fingerprint density at radius 1 is 0.912 bits per heavy atom. The van der Waals surface area contributed by atoms with E-state index in [0.717, 1.165) is 5.56 Å². The summed E-state index contributed by atoms with van der Waals surface area (Å²) in [5.41, 5.74) is 12.1. The quantitative estimate of drug-likeness (QED) is 0.482. The molecule has 0 unspecified atom stereocenters. The van der Waals surface area contributed by atoms with Crippen LogP contribution in [0.4, 0.5) is 4.79 Å². The molecule has 0 radical (unpaired) electrons. The molecule has 0 saturated heterocycles. The molecule has 5 nitrogen and oxygen atoms in total. The molecule has 1 amide bonds. The number of nitrogens with zero attached hydrogens (tertiary/aromatic N) is 1. The number of fused-ring (bicyclic) bond motifs is 3. The van der Waals surface area contributed by atoms with Crippen LogP contribution in [0.15, 0.2) is 78.9 Å². The maximum Gasteiger partial charge on any atom is 0.409 e. The molecule has 0 aromatic heterocycles. The van der Waals surface area contributed by atoms with Crippen LogP contribution in [0, 0.1) is 5.92 Å². The van der Waals surface area contributed by atoms with Crippen molar-refractivity contribution in [3.05, 3.63) is 95.6 Å². The van der Waals surface area contributed by atoms with Gasteiger partial charge < -0.3 is 20.5 Å². The number of rotatable bonds is 9. The largest absolute Gasteiger partial charge is 0.448 e. The SMILES string of the molecule is CC(C)CN(C[C@@H](O)[C@@H](N)Cc1ccccc1)C(=O)OCC1c2ccccc2-c2ccccc21. The van der Waals surface area contributed by atoms with E-state index in [1.54, 1.807) is 4.90 Å². The summed E-state index contributed by atoms with van der Waals surface area (Å²) < 4.78 is 5.84. The summed E-state index contributed by atoms with van der Waals surface area (Å²) in [6.07, 6.45) is -0.719. The molecule has 3 aromatic carbocycles. The molecule has 2 atom stereocenters. The van der Waals surface area contributed by atoms with Crippen molar-refractivity contribution in [1.29, 1.82) is 0 Å². The van der Waals surface area contributed by atoms with Crippen molar-refractivity contribution in [2.24, 2.45) is 11.7 Å². The maximum absolute atomic E-state index is 13.1. The van der Waals surface area contributed by atoms with Crippen molar-refractivity contribution in [1.82, 2.24) is 4.90 Å². The standard InChI is InChI=1S/C29H34N2O3/c1-20(2)17-31(18-28(32)27(30)16-21-10-4-3-5-11-21)29(33)34-19-26-24-14-8-6-12-22(24)23-13-7-9-15-25(23)26/h3-15,20,26-28,32H,16-19,30H2,1-2H3/t27-,28+/m0/s1. The highest BCUT2D eigenvalue weighted by atomic mass is 16.6. The second-order valence-corrected chi connectivity index (χ2v) is 9.52. The molecule has 0 spiro atoms. The second-order valence-electron chi connectivity index (χ2n) is 9.52. The van der Waals surface area contributed by atoms with Gasteiger partial charge in [0, 0.05) is 18.5 Å². The topological polar surface area (TPSA) is 75.8 Å². The van der Waals surface area contributed by atoms with Crippen molar-refractivity contribution in [3.8, 4) is 11.1 Å². The Morgan fingerprint density at radius 3 is 2.06 bits per heavy atom. The van der Waals surface area contributed by atoms with Gasteiger partial charge in [-0.1, -0.05) is 92.7 Å². The van der Waals surface area contributed by atoms with E-state index in [4.69, 9.17) is 10.5 Å². The summed E-state index contributed by atoms with van der Waals surface area (Å²) in [5.74, 6) is 0.237. The first kappa shape index (κ1) is 24.0. The Labute approximate surface area is 202 Å². The number of carbonyl (C=O) groups excluding carboxylic acids is 1.